The fourth-order valence-electron chi connectivity index (χ4n) is 3.21. The Morgan fingerprint density at radius 3 is 2.93 bits per heavy atom. The summed E-state index contributed by atoms with van der Waals surface area (Å²) in [5, 5.41) is 10.2. The Bertz CT molecular complexity index is 855. The van der Waals surface area contributed by atoms with Crippen molar-refractivity contribution in [1.29, 1.82) is 0 Å². The monoisotopic (exact) mass is 414 g/mol. The molecule has 0 bridgehead atoms. The Kier molecular flexibility index (Phi) is 7.30. The first-order valence-corrected chi connectivity index (χ1v) is 10.1. The molecule has 0 aliphatic carbocycles. The first kappa shape index (κ1) is 20.9. The molecule has 1 aliphatic rings. The molecule has 0 spiro atoms. The lowest BCUT2D eigenvalue weighted by Gasteiger charge is -2.20. The smallest absolute Gasteiger partial charge is 0.227 e. The molecule has 3 rings (SSSR count). The number of rotatable bonds is 6. The summed E-state index contributed by atoms with van der Waals surface area (Å²) in [6, 6.07) is 11.9. The molecular weight excluding hydrogens is 388 g/mol. The normalized spacial score (nSPS) is 16.6. The fourth-order valence-corrected chi connectivity index (χ4v) is 3.40. The molecule has 7 nitrogen and oxygen atoms in total. The number of halogens is 1. The number of nitrogens with zero attached hydrogens (tertiary/aromatic N) is 3. The second kappa shape index (κ2) is 10.1. The number of hydrogen-bond donors (Lipinski definition) is 3. The van der Waals surface area contributed by atoms with Crippen molar-refractivity contribution in [2.75, 3.05) is 36.9 Å². The van der Waals surface area contributed by atoms with E-state index < -0.39 is 0 Å². The van der Waals surface area contributed by atoms with Crippen molar-refractivity contribution in [2.45, 2.75) is 25.8 Å². The van der Waals surface area contributed by atoms with Crippen LogP contribution in [0.1, 0.15) is 18.4 Å². The second-order valence-corrected chi connectivity index (χ2v) is 7.51. The number of hydrogen-bond acceptors (Lipinski definition) is 4. The number of aliphatic imine (C=N–C) groups is 1. The van der Waals surface area contributed by atoms with E-state index in [0.29, 0.717) is 24.7 Å². The summed E-state index contributed by atoms with van der Waals surface area (Å²) in [6.45, 7) is 4.28. The van der Waals surface area contributed by atoms with Crippen LogP contribution in [0.5, 0.6) is 0 Å². The van der Waals surface area contributed by atoms with Crippen LogP contribution >= 0.6 is 11.6 Å². The summed E-state index contributed by atoms with van der Waals surface area (Å²) in [6.07, 6.45) is 3.07. The van der Waals surface area contributed by atoms with E-state index in [0.717, 1.165) is 35.8 Å². The standard InChI is InChI=1S/C21H27ClN6O/c1-15-6-7-19(25-13-15)27-20(29)8-10-24-21(23-2)26-17-9-11-28(14-17)18-5-3-4-16(22)12-18/h3-7,12-13,17H,8-11,14H2,1-2H3,(H2,23,24,26)(H,25,27,29). The van der Waals surface area contributed by atoms with Crippen LogP contribution in [0.15, 0.2) is 47.6 Å². The minimum atomic E-state index is -0.0858. The van der Waals surface area contributed by atoms with Gasteiger partial charge in [-0.1, -0.05) is 23.7 Å². The third-order valence-electron chi connectivity index (χ3n) is 4.75. The predicted molar refractivity (Wildman–Crippen MR) is 119 cm³/mol. The second-order valence-electron chi connectivity index (χ2n) is 7.07. The zero-order chi connectivity index (χ0) is 20.6. The molecule has 1 aliphatic heterocycles. The molecule has 2 aromatic rings. The molecule has 1 unspecified atom stereocenters. The van der Waals surface area contributed by atoms with Gasteiger partial charge in [0.2, 0.25) is 5.91 Å². The van der Waals surface area contributed by atoms with Crippen LogP contribution < -0.4 is 20.9 Å². The van der Waals surface area contributed by atoms with Gasteiger partial charge in [-0.05, 0) is 43.2 Å². The largest absolute Gasteiger partial charge is 0.369 e. The number of anilines is 2. The summed E-state index contributed by atoms with van der Waals surface area (Å²) < 4.78 is 0. The number of amides is 1. The van der Waals surface area contributed by atoms with E-state index in [1.165, 1.54) is 0 Å². The maximum atomic E-state index is 12.1. The molecule has 0 radical (unpaired) electrons. The van der Waals surface area contributed by atoms with Gasteiger partial charge in [0.05, 0.1) is 0 Å². The number of nitrogens with one attached hydrogen (secondary N) is 3. The molecule has 2 heterocycles. The summed E-state index contributed by atoms with van der Waals surface area (Å²) in [5.41, 5.74) is 2.19. The van der Waals surface area contributed by atoms with Crippen molar-refractivity contribution in [3.05, 3.63) is 53.2 Å². The number of aryl methyl sites for hydroxylation is 1. The van der Waals surface area contributed by atoms with Gasteiger partial charge < -0.3 is 20.9 Å². The van der Waals surface area contributed by atoms with Crippen molar-refractivity contribution in [3.8, 4) is 0 Å². The predicted octanol–water partition coefficient (Wildman–Crippen LogP) is 2.82. The summed E-state index contributed by atoms with van der Waals surface area (Å²) in [7, 11) is 1.73. The molecule has 1 aromatic carbocycles. The summed E-state index contributed by atoms with van der Waals surface area (Å²) >= 11 is 6.10. The fraction of sp³-hybridized carbons (Fsp3) is 0.381. The van der Waals surface area contributed by atoms with Crippen LogP contribution in [0, 0.1) is 6.92 Å². The lowest BCUT2D eigenvalue weighted by Crippen LogP contribution is -2.45. The topological polar surface area (TPSA) is 81.6 Å². The van der Waals surface area contributed by atoms with E-state index >= 15 is 0 Å². The number of pyridine rings is 1. The van der Waals surface area contributed by atoms with Gasteiger partial charge in [0, 0.05) is 56.1 Å². The minimum absolute atomic E-state index is 0.0858. The van der Waals surface area contributed by atoms with E-state index in [1.807, 2.05) is 31.2 Å². The Balaban J connectivity index is 1.40. The van der Waals surface area contributed by atoms with Gasteiger partial charge in [-0.25, -0.2) is 4.98 Å². The average Bonchev–Trinajstić information content (AvgIpc) is 3.17. The molecule has 1 saturated heterocycles. The van der Waals surface area contributed by atoms with Crippen molar-refractivity contribution in [1.82, 2.24) is 15.6 Å². The molecule has 1 aromatic heterocycles. The Morgan fingerprint density at radius 2 is 2.21 bits per heavy atom. The van der Waals surface area contributed by atoms with Gasteiger partial charge in [-0.3, -0.25) is 9.79 Å². The Labute approximate surface area is 176 Å². The average molecular weight is 415 g/mol. The van der Waals surface area contributed by atoms with Gasteiger partial charge in [0.1, 0.15) is 5.82 Å². The quantitative estimate of drug-likeness (QED) is 0.500. The van der Waals surface area contributed by atoms with Gasteiger partial charge in [0.25, 0.3) is 0 Å². The molecule has 1 fully saturated rings. The van der Waals surface area contributed by atoms with E-state index in [2.05, 4.69) is 36.9 Å². The first-order valence-electron chi connectivity index (χ1n) is 9.73. The van der Waals surface area contributed by atoms with Crippen LogP contribution in [-0.2, 0) is 4.79 Å². The highest BCUT2D eigenvalue weighted by Gasteiger charge is 2.23. The molecule has 1 atom stereocenters. The maximum Gasteiger partial charge on any atom is 0.227 e. The van der Waals surface area contributed by atoms with Crippen LogP contribution in [0.2, 0.25) is 5.02 Å². The molecule has 1 amide bonds. The van der Waals surface area contributed by atoms with Crippen LogP contribution in [0.4, 0.5) is 11.5 Å². The number of guanidine groups is 1. The molecule has 0 saturated carbocycles. The SMILES string of the molecule is CN=C(NCCC(=O)Nc1ccc(C)cn1)NC1CCN(c2cccc(Cl)c2)C1. The number of benzene rings is 1. The van der Waals surface area contributed by atoms with Crippen molar-refractivity contribution in [3.63, 3.8) is 0 Å². The lowest BCUT2D eigenvalue weighted by atomic mass is 10.2. The van der Waals surface area contributed by atoms with Crippen molar-refractivity contribution >= 4 is 35.0 Å². The molecule has 3 N–H and O–H groups in total. The zero-order valence-corrected chi connectivity index (χ0v) is 17.5. The number of carbonyl (C=O) groups excluding carboxylic acids is 1. The molecule has 154 valence electrons. The highest BCUT2D eigenvalue weighted by molar-refractivity contribution is 6.30. The van der Waals surface area contributed by atoms with Gasteiger partial charge in [-0.2, -0.15) is 0 Å². The maximum absolute atomic E-state index is 12.1. The van der Waals surface area contributed by atoms with Crippen LogP contribution in [-0.4, -0.2) is 49.6 Å². The van der Waals surface area contributed by atoms with Gasteiger partial charge >= 0.3 is 0 Å². The van der Waals surface area contributed by atoms with E-state index in [9.17, 15) is 4.79 Å². The number of aromatic nitrogens is 1. The first-order chi connectivity index (χ1) is 14.0. The Morgan fingerprint density at radius 1 is 1.34 bits per heavy atom. The molecule has 8 heteroatoms. The van der Waals surface area contributed by atoms with Crippen molar-refractivity contribution < 1.29 is 4.79 Å². The van der Waals surface area contributed by atoms with Crippen LogP contribution in [0.25, 0.3) is 0 Å². The number of carbonyl (C=O) groups is 1. The van der Waals surface area contributed by atoms with Crippen LogP contribution in [0.3, 0.4) is 0 Å². The summed E-state index contributed by atoms with van der Waals surface area (Å²) in [5.74, 6) is 1.18. The highest BCUT2D eigenvalue weighted by Crippen LogP contribution is 2.23. The third kappa shape index (κ3) is 6.35. The molecular formula is C21H27ClN6O. The lowest BCUT2D eigenvalue weighted by molar-refractivity contribution is -0.116. The minimum Gasteiger partial charge on any atom is -0.369 e. The highest BCUT2D eigenvalue weighted by atomic mass is 35.5. The summed E-state index contributed by atoms with van der Waals surface area (Å²) in [4.78, 5) is 22.8. The van der Waals surface area contributed by atoms with Crippen molar-refractivity contribution in [2.24, 2.45) is 4.99 Å². The van der Waals surface area contributed by atoms with E-state index in [4.69, 9.17) is 11.6 Å². The van der Waals surface area contributed by atoms with E-state index in [-0.39, 0.29) is 11.9 Å². The Hall–Kier alpha value is -2.80. The van der Waals surface area contributed by atoms with Gasteiger partial charge in [0.15, 0.2) is 5.96 Å². The molecule has 29 heavy (non-hydrogen) atoms. The van der Waals surface area contributed by atoms with E-state index in [1.54, 1.807) is 19.3 Å². The zero-order valence-electron chi connectivity index (χ0n) is 16.8. The third-order valence-corrected chi connectivity index (χ3v) is 4.98. The van der Waals surface area contributed by atoms with Gasteiger partial charge in [-0.15, -0.1) is 0 Å².